The largest absolute Gasteiger partial charge is 0.467 e. The van der Waals surface area contributed by atoms with E-state index in [-0.39, 0.29) is 12.0 Å². The molecule has 0 aliphatic carbocycles. The van der Waals surface area contributed by atoms with Crippen LogP contribution in [0.25, 0.3) is 0 Å². The number of carbonyl (C=O) groups is 3. The summed E-state index contributed by atoms with van der Waals surface area (Å²) in [4.78, 5) is 35.7. The van der Waals surface area contributed by atoms with Gasteiger partial charge in [0.05, 0.1) is 7.11 Å². The normalized spacial score (nSPS) is 12.6. The number of amides is 2. The molecular formula is C18H23FN2O4. The Hall–Kier alpha value is -2.70. The maximum Gasteiger partial charge on any atom is 0.328 e. The summed E-state index contributed by atoms with van der Waals surface area (Å²) in [7, 11) is 1.22. The predicted octanol–water partition coefficient (Wildman–Crippen LogP) is 1.50. The lowest BCUT2D eigenvalue weighted by Crippen LogP contribution is -2.52. The quantitative estimate of drug-likeness (QED) is 0.522. The van der Waals surface area contributed by atoms with Gasteiger partial charge in [-0.2, -0.15) is 0 Å². The van der Waals surface area contributed by atoms with Crippen molar-refractivity contribution >= 4 is 17.8 Å². The molecule has 0 fully saturated rings. The van der Waals surface area contributed by atoms with Crippen molar-refractivity contribution in [2.24, 2.45) is 0 Å². The van der Waals surface area contributed by atoms with Crippen LogP contribution in [-0.2, 0) is 25.5 Å². The molecule has 1 aromatic carbocycles. The highest BCUT2D eigenvalue weighted by molar-refractivity contribution is 5.90. The van der Waals surface area contributed by atoms with Gasteiger partial charge < -0.3 is 15.4 Å². The summed E-state index contributed by atoms with van der Waals surface area (Å²) in [5.74, 6) is -2.08. The summed E-state index contributed by atoms with van der Waals surface area (Å²) in [6, 6.07) is 4.11. The van der Waals surface area contributed by atoms with E-state index in [0.717, 1.165) is 0 Å². The standard InChI is InChI=1S/C18H23FN2O4/c1-4-5-10-15(18(24)25-3)21-17(23)16(20-12(2)22)11-13-8-6-7-9-14(13)19/h4,6-9,15-16H,1,5,10-11H2,2-3H3,(H,20,22)(H,21,23)/t15-,16-/m1/s1. The molecule has 1 aromatic rings. The smallest absolute Gasteiger partial charge is 0.328 e. The van der Waals surface area contributed by atoms with Crippen LogP contribution in [-0.4, -0.2) is 37.0 Å². The Morgan fingerprint density at radius 3 is 2.48 bits per heavy atom. The lowest BCUT2D eigenvalue weighted by molar-refractivity contribution is -0.145. The maximum absolute atomic E-state index is 13.8. The molecule has 0 bridgehead atoms. The van der Waals surface area contributed by atoms with Crippen LogP contribution in [0.15, 0.2) is 36.9 Å². The fourth-order valence-corrected chi connectivity index (χ4v) is 2.29. The molecule has 25 heavy (non-hydrogen) atoms. The van der Waals surface area contributed by atoms with Crippen molar-refractivity contribution in [3.63, 3.8) is 0 Å². The summed E-state index contributed by atoms with van der Waals surface area (Å²) < 4.78 is 18.5. The van der Waals surface area contributed by atoms with Gasteiger partial charge in [0.2, 0.25) is 11.8 Å². The summed E-state index contributed by atoms with van der Waals surface area (Å²) in [6.45, 7) is 4.83. The molecule has 6 nitrogen and oxygen atoms in total. The van der Waals surface area contributed by atoms with E-state index in [1.165, 1.54) is 32.2 Å². The molecule has 0 aliphatic heterocycles. The van der Waals surface area contributed by atoms with Crippen molar-refractivity contribution < 1.29 is 23.5 Å². The number of hydrogen-bond donors (Lipinski definition) is 2. The van der Waals surface area contributed by atoms with Gasteiger partial charge in [-0.15, -0.1) is 6.58 Å². The minimum Gasteiger partial charge on any atom is -0.467 e. The monoisotopic (exact) mass is 350 g/mol. The number of hydrogen-bond acceptors (Lipinski definition) is 4. The van der Waals surface area contributed by atoms with Gasteiger partial charge in [-0.1, -0.05) is 24.3 Å². The van der Waals surface area contributed by atoms with E-state index in [0.29, 0.717) is 12.8 Å². The fraction of sp³-hybridized carbons (Fsp3) is 0.389. The number of nitrogens with one attached hydrogen (secondary N) is 2. The Morgan fingerprint density at radius 1 is 1.24 bits per heavy atom. The van der Waals surface area contributed by atoms with Crippen LogP contribution in [0, 0.1) is 5.82 Å². The molecule has 0 spiro atoms. The van der Waals surface area contributed by atoms with Gasteiger partial charge in [-0.25, -0.2) is 9.18 Å². The molecule has 2 atom stereocenters. The van der Waals surface area contributed by atoms with Crippen LogP contribution < -0.4 is 10.6 Å². The van der Waals surface area contributed by atoms with E-state index in [9.17, 15) is 18.8 Å². The van der Waals surface area contributed by atoms with Gasteiger partial charge in [0.15, 0.2) is 0 Å². The molecule has 0 aromatic heterocycles. The zero-order valence-electron chi connectivity index (χ0n) is 14.4. The van der Waals surface area contributed by atoms with E-state index in [4.69, 9.17) is 0 Å². The molecule has 0 saturated heterocycles. The fourth-order valence-electron chi connectivity index (χ4n) is 2.29. The van der Waals surface area contributed by atoms with Gasteiger partial charge in [0.1, 0.15) is 17.9 Å². The second-order valence-electron chi connectivity index (χ2n) is 5.50. The third-order valence-electron chi connectivity index (χ3n) is 3.54. The Balaban J connectivity index is 2.90. The Bertz CT molecular complexity index is 633. The van der Waals surface area contributed by atoms with Crippen molar-refractivity contribution in [3.8, 4) is 0 Å². The van der Waals surface area contributed by atoms with Gasteiger partial charge in [-0.05, 0) is 24.5 Å². The molecular weight excluding hydrogens is 327 g/mol. The first-order valence-corrected chi connectivity index (χ1v) is 7.88. The first-order chi connectivity index (χ1) is 11.9. The van der Waals surface area contributed by atoms with Crippen LogP contribution in [0.1, 0.15) is 25.3 Å². The molecule has 0 radical (unpaired) electrons. The number of allylic oxidation sites excluding steroid dienone is 1. The summed E-state index contributed by atoms with van der Waals surface area (Å²) in [5, 5.41) is 5.03. The van der Waals surface area contributed by atoms with Crippen LogP contribution in [0.3, 0.4) is 0 Å². The lowest BCUT2D eigenvalue weighted by atomic mass is 10.0. The number of rotatable bonds is 9. The predicted molar refractivity (Wildman–Crippen MR) is 91.1 cm³/mol. The number of ether oxygens (including phenoxy) is 1. The third kappa shape index (κ3) is 6.74. The van der Waals surface area contributed by atoms with Crippen molar-refractivity contribution in [3.05, 3.63) is 48.3 Å². The molecule has 2 amide bonds. The molecule has 2 N–H and O–H groups in total. The summed E-state index contributed by atoms with van der Waals surface area (Å²) >= 11 is 0. The van der Waals surface area contributed by atoms with Gasteiger partial charge >= 0.3 is 5.97 Å². The van der Waals surface area contributed by atoms with Crippen LogP contribution in [0.5, 0.6) is 0 Å². The van der Waals surface area contributed by atoms with E-state index in [1.54, 1.807) is 12.1 Å². The van der Waals surface area contributed by atoms with E-state index >= 15 is 0 Å². The first-order valence-electron chi connectivity index (χ1n) is 7.88. The van der Waals surface area contributed by atoms with Gasteiger partial charge in [-0.3, -0.25) is 9.59 Å². The number of carbonyl (C=O) groups excluding carboxylic acids is 3. The van der Waals surface area contributed by atoms with Crippen molar-refractivity contribution in [2.75, 3.05) is 7.11 Å². The Morgan fingerprint density at radius 2 is 1.92 bits per heavy atom. The Kier molecular flexibility index (Phi) is 8.32. The summed E-state index contributed by atoms with van der Waals surface area (Å²) in [6.07, 6.45) is 2.40. The zero-order valence-corrected chi connectivity index (χ0v) is 14.4. The second kappa shape index (κ2) is 10.2. The van der Waals surface area contributed by atoms with Crippen molar-refractivity contribution in [1.82, 2.24) is 10.6 Å². The molecule has 0 aliphatic rings. The molecule has 136 valence electrons. The number of methoxy groups -OCH3 is 1. The van der Waals surface area contributed by atoms with Crippen molar-refractivity contribution in [1.29, 1.82) is 0 Å². The van der Waals surface area contributed by atoms with E-state index in [2.05, 4.69) is 21.9 Å². The molecule has 0 saturated carbocycles. The Labute approximate surface area is 146 Å². The van der Waals surface area contributed by atoms with Gasteiger partial charge in [0.25, 0.3) is 0 Å². The maximum atomic E-state index is 13.8. The van der Waals surface area contributed by atoms with Crippen LogP contribution in [0.2, 0.25) is 0 Å². The van der Waals surface area contributed by atoms with E-state index in [1.807, 2.05) is 0 Å². The highest BCUT2D eigenvalue weighted by Crippen LogP contribution is 2.10. The van der Waals surface area contributed by atoms with Crippen LogP contribution >= 0.6 is 0 Å². The number of halogens is 1. The topological polar surface area (TPSA) is 84.5 Å². The highest BCUT2D eigenvalue weighted by Gasteiger charge is 2.27. The zero-order chi connectivity index (χ0) is 18.8. The molecule has 0 unspecified atom stereocenters. The second-order valence-corrected chi connectivity index (χ2v) is 5.50. The first kappa shape index (κ1) is 20.3. The average molecular weight is 350 g/mol. The third-order valence-corrected chi connectivity index (χ3v) is 3.54. The van der Waals surface area contributed by atoms with E-state index < -0.39 is 35.7 Å². The SMILES string of the molecule is C=CCC[C@@H](NC(=O)[C@@H](Cc1ccccc1F)NC(C)=O)C(=O)OC. The molecule has 7 heteroatoms. The van der Waals surface area contributed by atoms with Crippen molar-refractivity contribution in [2.45, 2.75) is 38.3 Å². The summed E-state index contributed by atoms with van der Waals surface area (Å²) in [5.41, 5.74) is 0.289. The van der Waals surface area contributed by atoms with Crippen LogP contribution in [0.4, 0.5) is 4.39 Å². The highest BCUT2D eigenvalue weighted by atomic mass is 19.1. The number of esters is 1. The lowest BCUT2D eigenvalue weighted by Gasteiger charge is -2.22. The molecule has 0 heterocycles. The molecule has 1 rings (SSSR count). The van der Waals surface area contributed by atoms with Gasteiger partial charge in [0, 0.05) is 13.3 Å². The minimum atomic E-state index is -1.01. The number of benzene rings is 1. The average Bonchev–Trinajstić information content (AvgIpc) is 2.58. The minimum absolute atomic E-state index is 0.0343.